The molecule has 7 nitrogen and oxygen atoms in total. The first-order chi connectivity index (χ1) is 9.47. The highest BCUT2D eigenvalue weighted by Gasteiger charge is 2.54. The van der Waals surface area contributed by atoms with Gasteiger partial charge >= 0.3 is 16.1 Å². The zero-order valence-electron chi connectivity index (χ0n) is 11.9. The van der Waals surface area contributed by atoms with Gasteiger partial charge in [0.15, 0.2) is 6.34 Å². The van der Waals surface area contributed by atoms with Crippen molar-refractivity contribution in [2.24, 2.45) is 16.0 Å². The van der Waals surface area contributed by atoms with Crippen LogP contribution in [-0.2, 0) is 10.0 Å². The lowest BCUT2D eigenvalue weighted by Gasteiger charge is -2.30. The quantitative estimate of drug-likeness (QED) is 0.720. The van der Waals surface area contributed by atoms with Gasteiger partial charge in [0.1, 0.15) is 5.75 Å². The Hall–Kier alpha value is -1.28. The van der Waals surface area contributed by atoms with Crippen molar-refractivity contribution in [3.8, 4) is 0 Å². The van der Waals surface area contributed by atoms with Crippen molar-refractivity contribution in [3.63, 3.8) is 0 Å². The predicted molar refractivity (Wildman–Crippen MR) is 76.7 cm³/mol. The highest BCUT2D eigenvalue weighted by atomic mass is 32.2. The van der Waals surface area contributed by atoms with Gasteiger partial charge in [-0.05, 0) is 37.7 Å². The molecule has 1 aliphatic heterocycles. The van der Waals surface area contributed by atoms with E-state index in [0.29, 0.717) is 13.1 Å². The molecule has 0 saturated heterocycles. The summed E-state index contributed by atoms with van der Waals surface area (Å²) < 4.78 is 24.3. The van der Waals surface area contributed by atoms with Gasteiger partial charge in [0, 0.05) is 17.1 Å². The van der Waals surface area contributed by atoms with E-state index in [2.05, 4.69) is 10.1 Å². The zero-order valence-corrected chi connectivity index (χ0v) is 12.7. The van der Waals surface area contributed by atoms with E-state index in [1.54, 1.807) is 0 Å². The van der Waals surface area contributed by atoms with Crippen molar-refractivity contribution < 1.29 is 17.2 Å². The van der Waals surface area contributed by atoms with Gasteiger partial charge in [-0.3, -0.25) is 4.90 Å². The van der Waals surface area contributed by atoms with Gasteiger partial charge in [-0.15, -0.1) is 0 Å². The maximum Gasteiger partial charge on any atom is 0.467 e. The molecule has 0 N–H and O–H groups in total. The fourth-order valence-corrected chi connectivity index (χ4v) is 4.28. The van der Waals surface area contributed by atoms with Crippen LogP contribution in [0.15, 0.2) is 10.1 Å². The number of sulfonamides is 1. The number of nitrogens with zero attached hydrogens (tertiary/aromatic N) is 4. The first kappa shape index (κ1) is 15.1. The number of hydrogen-bond donors (Lipinski definition) is 0. The molecule has 1 saturated carbocycles. The molecule has 2 rings (SSSR count). The summed E-state index contributed by atoms with van der Waals surface area (Å²) in [5, 5.41) is 3.88. The van der Waals surface area contributed by atoms with E-state index in [1.165, 1.54) is 4.90 Å². The zero-order chi connectivity index (χ0) is 14.8. The Bertz CT molecular complexity index is 521. The molecule has 0 spiro atoms. The normalized spacial score (nSPS) is 25.7. The van der Waals surface area contributed by atoms with Crippen LogP contribution in [0.4, 0.5) is 4.79 Å². The number of carbonyl (C=O) groups is 1. The maximum atomic E-state index is 12.7. The van der Waals surface area contributed by atoms with Crippen molar-refractivity contribution in [1.82, 2.24) is 4.90 Å². The van der Waals surface area contributed by atoms with Crippen LogP contribution in [0.25, 0.3) is 0 Å². The van der Waals surface area contributed by atoms with E-state index in [9.17, 15) is 13.2 Å². The third-order valence-corrected chi connectivity index (χ3v) is 6.00. The van der Waals surface area contributed by atoms with Crippen molar-refractivity contribution in [2.45, 2.75) is 33.1 Å². The number of aliphatic imine (C=N–C) groups is 1. The van der Waals surface area contributed by atoms with Crippen molar-refractivity contribution in [1.29, 1.82) is 0 Å². The molecule has 1 unspecified atom stereocenters. The summed E-state index contributed by atoms with van der Waals surface area (Å²) in [5.74, 6) is 0.132. The molecule has 2 aliphatic rings. The van der Waals surface area contributed by atoms with E-state index < -0.39 is 20.1 Å². The second-order valence-corrected chi connectivity index (χ2v) is 7.17. The highest BCUT2D eigenvalue weighted by Crippen LogP contribution is 2.31. The monoisotopic (exact) mass is 301 g/mol. The number of urea groups is 1. The molecule has 0 aromatic heterocycles. The van der Waals surface area contributed by atoms with E-state index in [0.717, 1.165) is 31.9 Å². The van der Waals surface area contributed by atoms with Crippen LogP contribution in [0, 0.1) is 5.92 Å². The summed E-state index contributed by atoms with van der Waals surface area (Å²) in [4.78, 5) is 17.8. The molecule has 112 valence electrons. The van der Waals surface area contributed by atoms with Gasteiger partial charge in [-0.25, -0.2) is 4.79 Å². The molecule has 0 aromatic rings. The molecule has 20 heavy (non-hydrogen) atoms. The maximum absolute atomic E-state index is 12.7. The summed E-state index contributed by atoms with van der Waals surface area (Å²) in [7, 11) is -3.75. The Morgan fingerprint density at radius 2 is 2.00 bits per heavy atom. The average molecular weight is 301 g/mol. The largest absolute Gasteiger partial charge is 0.467 e. The number of hydrogen-bond acceptors (Lipinski definition) is 5. The summed E-state index contributed by atoms with van der Waals surface area (Å²) in [6.07, 6.45) is 5.12. The van der Waals surface area contributed by atoms with Crippen LogP contribution >= 0.6 is 0 Å². The fourth-order valence-electron chi connectivity index (χ4n) is 2.39. The van der Waals surface area contributed by atoms with E-state index >= 15 is 0 Å². The third kappa shape index (κ3) is 2.37. The Kier molecular flexibility index (Phi) is 4.24. The Balaban J connectivity index is 2.32. The first-order valence-corrected chi connectivity index (χ1v) is 8.57. The molecule has 1 fully saturated rings. The Morgan fingerprint density at radius 1 is 1.35 bits per heavy atom. The van der Waals surface area contributed by atoms with Crippen LogP contribution in [0.2, 0.25) is 0 Å². The summed E-state index contributed by atoms with van der Waals surface area (Å²) in [5.41, 5.74) is 0. The Morgan fingerprint density at radius 3 is 2.40 bits per heavy atom. The van der Waals surface area contributed by atoms with Crippen molar-refractivity contribution in [3.05, 3.63) is 0 Å². The van der Waals surface area contributed by atoms with Crippen LogP contribution in [0.3, 0.4) is 0 Å². The lowest BCUT2D eigenvalue weighted by atomic mass is 9.87. The number of amides is 2. The molecule has 1 aliphatic carbocycles. The minimum Gasteiger partial charge on any atom is -0.289 e. The number of quaternary nitrogens is 1. The number of rotatable bonds is 5. The lowest BCUT2D eigenvalue weighted by Crippen LogP contribution is -2.57. The van der Waals surface area contributed by atoms with Gasteiger partial charge < -0.3 is 0 Å². The molecule has 2 amide bonds. The van der Waals surface area contributed by atoms with Crippen LogP contribution in [0.1, 0.15) is 33.1 Å². The summed E-state index contributed by atoms with van der Waals surface area (Å²) >= 11 is 0. The standard InChI is InChI=1S/C12H21N4O3S/c1-3-15(4-2)12(17)16(10-13-9-14-16)20(18,19)8-11-6-5-7-11/h9-11H,3-8H2,1-2H3/q+1. The third-order valence-electron chi connectivity index (χ3n) is 3.92. The van der Waals surface area contributed by atoms with Gasteiger partial charge in [0.2, 0.25) is 6.34 Å². The SMILES string of the molecule is CCN(CC)C(=O)[N+]1(S(=O)(=O)CC2CCC2)C=NC=N1. The van der Waals surface area contributed by atoms with Gasteiger partial charge in [-0.2, -0.15) is 13.4 Å². The fraction of sp³-hybridized carbons (Fsp3) is 0.750. The van der Waals surface area contributed by atoms with E-state index in [1.807, 2.05) is 13.8 Å². The van der Waals surface area contributed by atoms with Crippen LogP contribution < -0.4 is 0 Å². The van der Waals surface area contributed by atoms with E-state index in [4.69, 9.17) is 0 Å². The molecule has 0 bridgehead atoms. The molecule has 8 heteroatoms. The highest BCUT2D eigenvalue weighted by molar-refractivity contribution is 7.86. The number of carbonyl (C=O) groups excluding carboxylic acids is 1. The first-order valence-electron chi connectivity index (χ1n) is 6.96. The van der Waals surface area contributed by atoms with Gasteiger partial charge in [0.25, 0.3) is 0 Å². The van der Waals surface area contributed by atoms with Crippen molar-refractivity contribution in [2.75, 3.05) is 18.8 Å². The second kappa shape index (κ2) is 5.61. The minimum absolute atomic E-state index is 0.0105. The van der Waals surface area contributed by atoms with Crippen LogP contribution in [0.5, 0.6) is 0 Å². The average Bonchev–Trinajstić information content (AvgIpc) is 2.86. The predicted octanol–water partition coefficient (Wildman–Crippen LogP) is 1.38. The molecular formula is C12H21N4O3S+. The smallest absolute Gasteiger partial charge is 0.289 e. The molecule has 1 heterocycles. The van der Waals surface area contributed by atoms with Crippen LogP contribution in [-0.4, -0.2) is 54.9 Å². The van der Waals surface area contributed by atoms with Gasteiger partial charge in [0.05, 0.1) is 0 Å². The summed E-state index contributed by atoms with van der Waals surface area (Å²) in [6, 6.07) is -0.549. The lowest BCUT2D eigenvalue weighted by molar-refractivity contribution is -0.620. The molecule has 0 radical (unpaired) electrons. The molecular weight excluding hydrogens is 280 g/mol. The van der Waals surface area contributed by atoms with Gasteiger partial charge in [-0.1, -0.05) is 6.42 Å². The minimum atomic E-state index is -3.75. The topological polar surface area (TPSA) is 79.2 Å². The Labute approximate surface area is 119 Å². The second-order valence-electron chi connectivity index (χ2n) is 5.12. The van der Waals surface area contributed by atoms with E-state index in [-0.39, 0.29) is 11.7 Å². The molecule has 1 atom stereocenters. The van der Waals surface area contributed by atoms with Crippen molar-refractivity contribution >= 4 is 28.7 Å². The molecule has 0 aromatic carbocycles. The summed E-state index contributed by atoms with van der Waals surface area (Å²) in [6.45, 7) is 4.51.